The summed E-state index contributed by atoms with van der Waals surface area (Å²) in [6, 6.07) is 7.04. The minimum atomic E-state index is -3.90. The highest BCUT2D eigenvalue weighted by Crippen LogP contribution is 2.29. The van der Waals surface area contributed by atoms with E-state index >= 15 is 0 Å². The summed E-state index contributed by atoms with van der Waals surface area (Å²) in [5.74, 6) is 0. The molecule has 3 atom stereocenters. The Labute approximate surface area is 220 Å². The lowest BCUT2D eigenvalue weighted by Crippen LogP contribution is -2.48. The third-order valence-corrected chi connectivity index (χ3v) is 7.62. The molecule has 0 fully saturated rings. The first-order chi connectivity index (χ1) is 16.8. The maximum Gasteiger partial charge on any atom is 0.407 e. The normalized spacial score (nSPS) is 14.9. The van der Waals surface area contributed by atoms with Gasteiger partial charge in [0.2, 0.25) is 0 Å². The molecule has 3 aromatic rings. The van der Waals surface area contributed by atoms with Crippen molar-refractivity contribution in [2.24, 2.45) is 5.41 Å². The lowest BCUT2D eigenvalue weighted by Gasteiger charge is -2.31. The van der Waals surface area contributed by atoms with E-state index in [1.54, 1.807) is 37.5 Å². The van der Waals surface area contributed by atoms with Gasteiger partial charge in [-0.25, -0.2) is 27.9 Å². The summed E-state index contributed by atoms with van der Waals surface area (Å²) in [6.45, 7) is 7.30. The lowest BCUT2D eigenvalue weighted by atomic mass is 9.89. The number of hydrogen-bond acceptors (Lipinski definition) is 7. The number of hydrogen-bond donors (Lipinski definition) is 3. The number of nitrogens with one attached hydrogen (secondary N) is 2. The van der Waals surface area contributed by atoms with Crippen LogP contribution in [0.4, 0.5) is 4.79 Å². The second-order valence-corrected chi connectivity index (χ2v) is 12.0. The van der Waals surface area contributed by atoms with Crippen LogP contribution < -0.4 is 10.0 Å². The molecule has 2 heterocycles. The summed E-state index contributed by atoms with van der Waals surface area (Å²) in [7, 11) is -3.90. The number of alkyl carbamates (subject to hydrolysis) is 1. The zero-order valence-corrected chi connectivity index (χ0v) is 22.6. The van der Waals surface area contributed by atoms with E-state index in [1.807, 2.05) is 25.3 Å². The van der Waals surface area contributed by atoms with Gasteiger partial charge in [0.05, 0.1) is 46.1 Å². The summed E-state index contributed by atoms with van der Waals surface area (Å²) in [5.41, 5.74) is 0.961. The van der Waals surface area contributed by atoms with Crippen molar-refractivity contribution in [2.45, 2.75) is 57.5 Å². The maximum absolute atomic E-state index is 12.7. The number of benzene rings is 1. The summed E-state index contributed by atoms with van der Waals surface area (Å²) >= 11 is 12.2. The van der Waals surface area contributed by atoms with Crippen LogP contribution in [0, 0.1) is 5.41 Å². The van der Waals surface area contributed by atoms with E-state index in [0.29, 0.717) is 22.1 Å². The molecule has 0 radical (unpaired) electrons. The molecule has 0 saturated carbocycles. The topological polar surface area (TPSA) is 135 Å². The van der Waals surface area contributed by atoms with E-state index in [1.165, 1.54) is 12.3 Å². The number of aliphatic hydroxyl groups excluding tert-OH is 1. The number of carbonyl (C=O) groups excluding carboxylic acids is 1. The van der Waals surface area contributed by atoms with Gasteiger partial charge in [-0.1, -0.05) is 50.0 Å². The number of sulfonamides is 1. The van der Waals surface area contributed by atoms with Gasteiger partial charge < -0.3 is 19.7 Å². The predicted octanol–water partition coefficient (Wildman–Crippen LogP) is 3.61. The predicted molar refractivity (Wildman–Crippen MR) is 138 cm³/mol. The first kappa shape index (κ1) is 28.1. The first-order valence-electron chi connectivity index (χ1n) is 11.1. The molecule has 3 N–H and O–H groups in total. The third kappa shape index (κ3) is 7.07. The number of amides is 1. The van der Waals surface area contributed by atoms with Gasteiger partial charge in [-0.05, 0) is 31.2 Å². The van der Waals surface area contributed by atoms with Crippen molar-refractivity contribution in [3.05, 3.63) is 52.9 Å². The first-order valence-corrected chi connectivity index (χ1v) is 13.4. The second kappa shape index (κ2) is 11.3. The largest absolute Gasteiger partial charge is 0.444 e. The second-order valence-electron chi connectivity index (χ2n) is 9.43. The number of nitrogens with zero attached hydrogens (tertiary/aromatic N) is 3. The number of rotatable bonds is 9. The van der Waals surface area contributed by atoms with E-state index in [9.17, 15) is 18.3 Å². The number of fused-ring (bicyclic) bond motifs is 1. The summed E-state index contributed by atoms with van der Waals surface area (Å²) < 4.78 is 34.4. The van der Waals surface area contributed by atoms with E-state index in [4.69, 9.17) is 27.9 Å². The lowest BCUT2D eigenvalue weighted by molar-refractivity contribution is 0.0163. The molecule has 1 amide bonds. The molecular formula is C23H29Cl2N5O5S. The number of carbonyl (C=O) groups is 1. The molecule has 0 aliphatic carbocycles. The average molecular weight is 558 g/mol. The Balaban J connectivity index is 1.62. The molecule has 0 bridgehead atoms. The van der Waals surface area contributed by atoms with Crippen molar-refractivity contribution < 1.29 is 23.1 Å². The summed E-state index contributed by atoms with van der Waals surface area (Å²) in [4.78, 5) is 20.8. The van der Waals surface area contributed by atoms with Gasteiger partial charge in [-0.3, -0.25) is 0 Å². The van der Waals surface area contributed by atoms with Gasteiger partial charge in [0.25, 0.3) is 10.0 Å². The van der Waals surface area contributed by atoms with E-state index in [0.717, 1.165) is 5.52 Å². The smallest absolute Gasteiger partial charge is 0.407 e. The van der Waals surface area contributed by atoms with Crippen molar-refractivity contribution in [1.29, 1.82) is 0 Å². The number of aliphatic hydroxyl groups is 1. The van der Waals surface area contributed by atoms with Crippen LogP contribution >= 0.6 is 23.2 Å². The Morgan fingerprint density at radius 3 is 2.53 bits per heavy atom. The number of pyridine rings is 1. The number of imidazole rings is 1. The van der Waals surface area contributed by atoms with Crippen molar-refractivity contribution in [3.63, 3.8) is 0 Å². The molecule has 1 aromatic carbocycles. The van der Waals surface area contributed by atoms with Crippen LogP contribution in [0.5, 0.6) is 0 Å². The fraction of sp³-hybridized carbons (Fsp3) is 0.435. The number of halogens is 2. The van der Waals surface area contributed by atoms with Crippen LogP contribution in [0.1, 0.15) is 27.7 Å². The highest BCUT2D eigenvalue weighted by molar-refractivity contribution is 7.89. The highest BCUT2D eigenvalue weighted by Gasteiger charge is 2.30. The molecule has 36 heavy (non-hydrogen) atoms. The Morgan fingerprint density at radius 2 is 1.89 bits per heavy atom. The zero-order valence-electron chi connectivity index (χ0n) is 20.3. The van der Waals surface area contributed by atoms with Crippen molar-refractivity contribution in [1.82, 2.24) is 24.6 Å². The minimum absolute atomic E-state index is 0.166. The van der Waals surface area contributed by atoms with Crippen LogP contribution in [0.3, 0.4) is 0 Å². The highest BCUT2D eigenvalue weighted by atomic mass is 35.5. The SMILES string of the molecule is C[C@H](NC(=O)O[C@H](Cn1cnc2cc(Cl)c(Cl)cc21)C(C)(C)C)[C@@H](O)CNS(=O)(=O)c1ccccn1. The quantitative estimate of drug-likeness (QED) is 0.365. The minimum Gasteiger partial charge on any atom is -0.444 e. The molecule has 13 heteroatoms. The van der Waals surface area contributed by atoms with Gasteiger partial charge in [0.15, 0.2) is 5.03 Å². The molecular weight excluding hydrogens is 529 g/mol. The molecule has 3 rings (SSSR count). The molecule has 196 valence electrons. The number of ether oxygens (including phenoxy) is 1. The molecule has 0 unspecified atom stereocenters. The molecule has 10 nitrogen and oxygen atoms in total. The van der Waals surface area contributed by atoms with E-state index in [-0.39, 0.29) is 11.6 Å². The Bertz CT molecular complexity index is 1310. The molecule has 0 spiro atoms. The summed E-state index contributed by atoms with van der Waals surface area (Å²) in [5, 5.41) is 13.6. The Morgan fingerprint density at radius 1 is 1.19 bits per heavy atom. The van der Waals surface area contributed by atoms with Gasteiger partial charge in [-0.2, -0.15) is 0 Å². The van der Waals surface area contributed by atoms with Crippen LogP contribution in [-0.4, -0.2) is 58.9 Å². The van der Waals surface area contributed by atoms with Crippen molar-refractivity contribution >= 4 is 50.4 Å². The molecule has 2 aromatic heterocycles. The van der Waals surface area contributed by atoms with Crippen LogP contribution in [0.2, 0.25) is 10.0 Å². The van der Waals surface area contributed by atoms with Crippen molar-refractivity contribution in [2.75, 3.05) is 6.54 Å². The fourth-order valence-corrected chi connectivity index (χ4v) is 4.57. The van der Waals surface area contributed by atoms with E-state index in [2.05, 4.69) is 20.0 Å². The average Bonchev–Trinajstić information content (AvgIpc) is 3.18. The van der Waals surface area contributed by atoms with Gasteiger partial charge in [0.1, 0.15) is 6.10 Å². The maximum atomic E-state index is 12.7. The van der Waals surface area contributed by atoms with Crippen LogP contribution in [0.25, 0.3) is 11.0 Å². The zero-order chi connectivity index (χ0) is 26.7. The van der Waals surface area contributed by atoms with Gasteiger partial charge in [0, 0.05) is 18.2 Å². The van der Waals surface area contributed by atoms with Crippen LogP contribution in [-0.2, 0) is 21.3 Å². The van der Waals surface area contributed by atoms with E-state index < -0.39 is 39.8 Å². The van der Waals surface area contributed by atoms with Crippen molar-refractivity contribution in [3.8, 4) is 0 Å². The fourth-order valence-electron chi connectivity index (χ4n) is 3.26. The monoisotopic (exact) mass is 557 g/mol. The standard InChI is InChI=1S/C23H29Cl2N5O5S/c1-14(19(31)11-28-36(33,34)21-7-5-6-8-26-21)29-22(32)35-20(23(2,3)4)12-30-13-27-17-9-15(24)16(25)10-18(17)30/h5-10,13-14,19-20,28,31H,11-12H2,1-4H3,(H,29,32)/t14-,19-,20+/m0/s1. The third-order valence-electron chi connectivity index (χ3n) is 5.56. The molecule has 0 saturated heterocycles. The summed E-state index contributed by atoms with van der Waals surface area (Å²) in [6.07, 6.45) is 0.439. The Hall–Kier alpha value is -2.44. The molecule has 0 aliphatic heterocycles. The van der Waals surface area contributed by atoms with Gasteiger partial charge in [-0.15, -0.1) is 0 Å². The molecule has 0 aliphatic rings. The number of aromatic nitrogens is 3. The van der Waals surface area contributed by atoms with Gasteiger partial charge >= 0.3 is 6.09 Å². The van der Waals surface area contributed by atoms with Crippen LogP contribution in [0.15, 0.2) is 47.9 Å². The Kier molecular flexibility index (Phi) is 8.84.